The maximum atomic E-state index is 11.7. The molecule has 1 aromatic rings. The van der Waals surface area contributed by atoms with Gasteiger partial charge in [0.05, 0.1) is 5.69 Å². The fourth-order valence-electron chi connectivity index (χ4n) is 1.55. The Bertz CT molecular complexity index is 487. The fourth-order valence-corrected chi connectivity index (χ4v) is 1.55. The van der Waals surface area contributed by atoms with E-state index >= 15 is 0 Å². The smallest absolute Gasteiger partial charge is 0.319 e. The topological polar surface area (TPSA) is 61.4 Å². The zero-order valence-corrected chi connectivity index (χ0v) is 11.4. The van der Waals surface area contributed by atoms with E-state index in [9.17, 15) is 4.79 Å². The second-order valence-electron chi connectivity index (χ2n) is 4.24. The van der Waals surface area contributed by atoms with Crippen molar-refractivity contribution in [3.8, 4) is 11.8 Å². The Balaban J connectivity index is 2.74. The molecule has 0 saturated carbocycles. The summed E-state index contributed by atoms with van der Waals surface area (Å²) in [6.07, 6.45) is 2.00. The van der Waals surface area contributed by atoms with Crippen LogP contribution in [0.15, 0.2) is 18.2 Å². The van der Waals surface area contributed by atoms with E-state index in [1.807, 2.05) is 25.1 Å². The van der Waals surface area contributed by atoms with E-state index in [0.717, 1.165) is 18.4 Å². The highest BCUT2D eigenvalue weighted by Gasteiger charge is 2.05. The number of aryl methyl sites for hydroxylation is 1. The molecule has 0 fully saturated rings. The van der Waals surface area contributed by atoms with Gasteiger partial charge in [0.1, 0.15) is 6.61 Å². The van der Waals surface area contributed by atoms with Crippen LogP contribution in [-0.2, 0) is 0 Å². The van der Waals surface area contributed by atoms with Crippen LogP contribution in [0.25, 0.3) is 0 Å². The van der Waals surface area contributed by atoms with Gasteiger partial charge < -0.3 is 15.7 Å². The number of benzene rings is 1. The minimum absolute atomic E-state index is 0.198. The number of urea groups is 1. The van der Waals surface area contributed by atoms with Gasteiger partial charge in [0.25, 0.3) is 0 Å². The van der Waals surface area contributed by atoms with E-state index in [1.165, 1.54) is 0 Å². The minimum Gasteiger partial charge on any atom is -0.384 e. The lowest BCUT2D eigenvalue weighted by molar-refractivity contribution is 0.252. The molecular formula is C15H20N2O2. The quantitative estimate of drug-likeness (QED) is 0.574. The minimum atomic E-state index is -0.232. The van der Waals surface area contributed by atoms with E-state index in [2.05, 4.69) is 29.4 Å². The number of rotatable bonds is 4. The number of aliphatic hydroxyl groups is 1. The summed E-state index contributed by atoms with van der Waals surface area (Å²) in [6, 6.07) is 5.37. The molecule has 0 atom stereocenters. The predicted molar refractivity (Wildman–Crippen MR) is 77.1 cm³/mol. The molecule has 0 aliphatic rings. The van der Waals surface area contributed by atoms with Crippen LogP contribution >= 0.6 is 0 Å². The molecule has 1 aromatic carbocycles. The van der Waals surface area contributed by atoms with Gasteiger partial charge in [0.15, 0.2) is 0 Å². The Labute approximate surface area is 114 Å². The van der Waals surface area contributed by atoms with E-state index in [4.69, 9.17) is 5.11 Å². The number of amides is 2. The maximum Gasteiger partial charge on any atom is 0.319 e. The van der Waals surface area contributed by atoms with Crippen molar-refractivity contribution in [2.24, 2.45) is 0 Å². The standard InChI is InChI=1S/C15H20N2O2/c1-3-4-9-16-15(19)17-14-8-7-12(2)11-13(14)6-5-10-18/h7-8,11,18H,3-4,9-10H2,1-2H3,(H2,16,17,19). The number of anilines is 1. The lowest BCUT2D eigenvalue weighted by atomic mass is 10.1. The number of unbranched alkanes of at least 4 members (excludes halogenated alkanes) is 1. The monoisotopic (exact) mass is 260 g/mol. The van der Waals surface area contributed by atoms with Crippen molar-refractivity contribution in [2.45, 2.75) is 26.7 Å². The maximum absolute atomic E-state index is 11.7. The Hall–Kier alpha value is -1.99. The third-order valence-electron chi connectivity index (χ3n) is 2.54. The number of aliphatic hydroxyl groups excluding tert-OH is 1. The summed E-state index contributed by atoms with van der Waals surface area (Å²) < 4.78 is 0. The van der Waals surface area contributed by atoms with Crippen molar-refractivity contribution in [1.82, 2.24) is 5.32 Å². The Morgan fingerprint density at radius 2 is 2.21 bits per heavy atom. The molecule has 0 unspecified atom stereocenters. The zero-order valence-electron chi connectivity index (χ0n) is 11.4. The van der Waals surface area contributed by atoms with Crippen molar-refractivity contribution in [2.75, 3.05) is 18.5 Å². The second kappa shape index (κ2) is 8.17. The molecule has 2 amide bonds. The molecule has 0 heterocycles. The molecule has 0 aromatic heterocycles. The van der Waals surface area contributed by atoms with Gasteiger partial charge in [-0.2, -0.15) is 0 Å². The lowest BCUT2D eigenvalue weighted by Crippen LogP contribution is -2.29. The largest absolute Gasteiger partial charge is 0.384 e. The summed E-state index contributed by atoms with van der Waals surface area (Å²) in [6.45, 7) is 4.49. The first-order valence-corrected chi connectivity index (χ1v) is 6.42. The third kappa shape index (κ3) is 5.45. The van der Waals surface area contributed by atoms with Crippen LogP contribution in [0.3, 0.4) is 0 Å². The highest BCUT2D eigenvalue weighted by atomic mass is 16.2. The van der Waals surface area contributed by atoms with Crippen LogP contribution in [0, 0.1) is 18.8 Å². The number of nitrogens with one attached hydrogen (secondary N) is 2. The van der Waals surface area contributed by atoms with Crippen LogP contribution in [0.2, 0.25) is 0 Å². The average Bonchev–Trinajstić information content (AvgIpc) is 2.39. The molecule has 0 bridgehead atoms. The Morgan fingerprint density at radius 1 is 1.42 bits per heavy atom. The SMILES string of the molecule is CCCCNC(=O)Nc1ccc(C)cc1C#CCO. The van der Waals surface area contributed by atoms with E-state index in [-0.39, 0.29) is 12.6 Å². The first-order valence-electron chi connectivity index (χ1n) is 6.42. The first kappa shape index (κ1) is 15.1. The van der Waals surface area contributed by atoms with Gasteiger partial charge >= 0.3 is 6.03 Å². The zero-order chi connectivity index (χ0) is 14.1. The van der Waals surface area contributed by atoms with Gasteiger partial charge in [-0.1, -0.05) is 31.3 Å². The van der Waals surface area contributed by atoms with Crippen LogP contribution in [-0.4, -0.2) is 24.3 Å². The van der Waals surface area contributed by atoms with Crippen LogP contribution < -0.4 is 10.6 Å². The summed E-state index contributed by atoms with van der Waals surface area (Å²) in [5.41, 5.74) is 2.42. The number of carbonyl (C=O) groups is 1. The summed E-state index contributed by atoms with van der Waals surface area (Å²) >= 11 is 0. The highest BCUT2D eigenvalue weighted by molar-refractivity contribution is 5.90. The second-order valence-corrected chi connectivity index (χ2v) is 4.24. The van der Waals surface area contributed by atoms with Crippen molar-refractivity contribution in [3.05, 3.63) is 29.3 Å². The lowest BCUT2D eigenvalue weighted by Gasteiger charge is -2.09. The van der Waals surface area contributed by atoms with Crippen LogP contribution in [0.5, 0.6) is 0 Å². The summed E-state index contributed by atoms with van der Waals surface area (Å²) in [7, 11) is 0. The molecule has 102 valence electrons. The molecular weight excluding hydrogens is 240 g/mol. The van der Waals surface area contributed by atoms with Gasteiger partial charge in [-0.05, 0) is 31.0 Å². The van der Waals surface area contributed by atoms with Gasteiger partial charge in [0.2, 0.25) is 0 Å². The number of hydrogen-bond donors (Lipinski definition) is 3. The van der Waals surface area contributed by atoms with Gasteiger partial charge in [-0.15, -0.1) is 0 Å². The van der Waals surface area contributed by atoms with Crippen molar-refractivity contribution in [1.29, 1.82) is 0 Å². The Kier molecular flexibility index (Phi) is 6.48. The van der Waals surface area contributed by atoms with Gasteiger partial charge in [-0.25, -0.2) is 4.79 Å². The van der Waals surface area contributed by atoms with E-state index in [1.54, 1.807) is 0 Å². The molecule has 0 spiro atoms. The third-order valence-corrected chi connectivity index (χ3v) is 2.54. The molecule has 0 aliphatic carbocycles. The predicted octanol–water partition coefficient (Wildman–Crippen LogP) is 2.26. The van der Waals surface area contributed by atoms with Gasteiger partial charge in [0, 0.05) is 12.1 Å². The molecule has 1 rings (SSSR count). The molecule has 19 heavy (non-hydrogen) atoms. The van der Waals surface area contributed by atoms with Crippen molar-refractivity contribution >= 4 is 11.7 Å². The van der Waals surface area contributed by atoms with Crippen molar-refractivity contribution in [3.63, 3.8) is 0 Å². The molecule has 4 heteroatoms. The van der Waals surface area contributed by atoms with Crippen LogP contribution in [0.1, 0.15) is 30.9 Å². The molecule has 0 radical (unpaired) electrons. The highest BCUT2D eigenvalue weighted by Crippen LogP contribution is 2.16. The normalized spacial score (nSPS) is 9.42. The number of carbonyl (C=O) groups excluding carboxylic acids is 1. The fraction of sp³-hybridized carbons (Fsp3) is 0.400. The van der Waals surface area contributed by atoms with Crippen LogP contribution in [0.4, 0.5) is 10.5 Å². The van der Waals surface area contributed by atoms with Crippen molar-refractivity contribution < 1.29 is 9.90 Å². The molecule has 4 nitrogen and oxygen atoms in total. The average molecular weight is 260 g/mol. The molecule has 0 saturated heterocycles. The van der Waals surface area contributed by atoms with E-state index in [0.29, 0.717) is 17.8 Å². The Morgan fingerprint density at radius 3 is 2.89 bits per heavy atom. The number of hydrogen-bond acceptors (Lipinski definition) is 2. The summed E-state index contributed by atoms with van der Waals surface area (Å²) in [4.78, 5) is 11.7. The molecule has 0 aliphatic heterocycles. The van der Waals surface area contributed by atoms with Gasteiger partial charge in [-0.3, -0.25) is 0 Å². The van der Waals surface area contributed by atoms with E-state index < -0.39 is 0 Å². The molecule has 3 N–H and O–H groups in total. The summed E-state index contributed by atoms with van der Waals surface area (Å²) in [5.74, 6) is 5.43. The summed E-state index contributed by atoms with van der Waals surface area (Å²) in [5, 5.41) is 14.3. The first-order chi connectivity index (χ1) is 9.17.